The third kappa shape index (κ3) is 3.81. The summed E-state index contributed by atoms with van der Waals surface area (Å²) in [5.74, 6) is 0.148. The Hall–Kier alpha value is -4.46. The van der Waals surface area contributed by atoms with Crippen molar-refractivity contribution < 1.29 is 19.2 Å². The van der Waals surface area contributed by atoms with Crippen LogP contribution in [0.1, 0.15) is 10.4 Å². The SMILES string of the molecule is COc1ccc(-c2nc([N+](=O)[O-])n(C(=O)c3ccccc3)c2-c2ccc(OC)cc2)cc1. The summed E-state index contributed by atoms with van der Waals surface area (Å²) in [6.07, 6.45) is 0. The van der Waals surface area contributed by atoms with E-state index in [2.05, 4.69) is 4.98 Å². The molecule has 0 saturated carbocycles. The molecule has 0 aliphatic rings. The van der Waals surface area contributed by atoms with Crippen LogP contribution in [0.5, 0.6) is 11.5 Å². The summed E-state index contributed by atoms with van der Waals surface area (Å²) in [5, 5.41) is 11.9. The van der Waals surface area contributed by atoms with Crippen LogP contribution in [0.25, 0.3) is 22.5 Å². The third-order valence-corrected chi connectivity index (χ3v) is 4.97. The number of imidazole rings is 1. The smallest absolute Gasteiger partial charge is 0.443 e. The van der Waals surface area contributed by atoms with Crippen LogP contribution in [-0.4, -0.2) is 34.6 Å². The molecule has 8 heteroatoms. The molecule has 0 radical (unpaired) electrons. The molecule has 0 N–H and O–H groups in total. The number of aromatic nitrogens is 2. The number of benzene rings is 3. The first kappa shape index (κ1) is 20.8. The minimum absolute atomic E-state index is 0.309. The number of nitro groups is 1. The molecule has 0 aliphatic carbocycles. The third-order valence-electron chi connectivity index (χ3n) is 4.97. The van der Waals surface area contributed by atoms with Crippen molar-refractivity contribution in [1.82, 2.24) is 9.55 Å². The average Bonchev–Trinajstić information content (AvgIpc) is 3.25. The summed E-state index contributed by atoms with van der Waals surface area (Å²) in [6.45, 7) is 0. The molecule has 0 spiro atoms. The van der Waals surface area contributed by atoms with Crippen LogP contribution < -0.4 is 9.47 Å². The van der Waals surface area contributed by atoms with Gasteiger partial charge in [-0.3, -0.25) is 0 Å². The molecule has 160 valence electrons. The second-order valence-corrected chi connectivity index (χ2v) is 6.83. The predicted octanol–water partition coefficient (Wildman–Crippen LogP) is 4.83. The van der Waals surface area contributed by atoms with Crippen LogP contribution in [0, 0.1) is 10.1 Å². The highest BCUT2D eigenvalue weighted by Gasteiger charge is 2.34. The van der Waals surface area contributed by atoms with E-state index in [1.165, 1.54) is 0 Å². The Morgan fingerprint density at radius 2 is 1.38 bits per heavy atom. The van der Waals surface area contributed by atoms with Crippen LogP contribution >= 0.6 is 0 Å². The summed E-state index contributed by atoms with van der Waals surface area (Å²) in [7, 11) is 3.10. The van der Waals surface area contributed by atoms with Gasteiger partial charge in [-0.25, -0.2) is 4.79 Å². The van der Waals surface area contributed by atoms with Crippen molar-refractivity contribution in [3.05, 3.63) is 94.5 Å². The summed E-state index contributed by atoms with van der Waals surface area (Å²) >= 11 is 0. The largest absolute Gasteiger partial charge is 0.497 e. The van der Waals surface area contributed by atoms with Gasteiger partial charge >= 0.3 is 11.9 Å². The number of carbonyl (C=O) groups excluding carboxylic acids is 1. The minimum Gasteiger partial charge on any atom is -0.497 e. The lowest BCUT2D eigenvalue weighted by molar-refractivity contribution is -0.395. The summed E-state index contributed by atoms with van der Waals surface area (Å²) < 4.78 is 11.5. The van der Waals surface area contributed by atoms with Gasteiger partial charge in [0.15, 0.2) is 11.4 Å². The molecule has 4 aromatic rings. The molecular formula is C24H19N3O5. The molecule has 0 amide bonds. The standard InChI is InChI=1S/C24H19N3O5/c1-31-19-12-8-16(9-13-19)21-22(17-10-14-20(32-2)15-11-17)26(24(25-21)27(29)30)23(28)18-6-4-3-5-7-18/h3-15H,1-2H3. The predicted molar refractivity (Wildman–Crippen MR) is 119 cm³/mol. The first-order valence-corrected chi connectivity index (χ1v) is 9.69. The molecule has 3 aromatic carbocycles. The molecule has 0 aliphatic heterocycles. The maximum absolute atomic E-state index is 13.4. The van der Waals surface area contributed by atoms with Crippen LogP contribution in [0.4, 0.5) is 5.95 Å². The van der Waals surface area contributed by atoms with Gasteiger partial charge < -0.3 is 19.6 Å². The van der Waals surface area contributed by atoms with Crippen LogP contribution in [0.3, 0.4) is 0 Å². The first-order valence-electron chi connectivity index (χ1n) is 9.69. The summed E-state index contributed by atoms with van der Waals surface area (Å²) in [6, 6.07) is 22.3. The molecule has 0 atom stereocenters. The molecule has 0 bridgehead atoms. The Bertz CT molecular complexity index is 1260. The lowest BCUT2D eigenvalue weighted by atomic mass is 10.0. The Labute approximate surface area is 183 Å². The fraction of sp³-hybridized carbons (Fsp3) is 0.0833. The van der Waals surface area contributed by atoms with Crippen LogP contribution in [0.15, 0.2) is 78.9 Å². The van der Waals surface area contributed by atoms with Crippen molar-refractivity contribution >= 4 is 11.9 Å². The molecule has 1 heterocycles. The molecule has 1 aromatic heterocycles. The maximum atomic E-state index is 13.4. The highest BCUT2D eigenvalue weighted by molar-refractivity contribution is 6.01. The van der Waals surface area contributed by atoms with Crippen molar-refractivity contribution in [3.8, 4) is 34.0 Å². The van der Waals surface area contributed by atoms with Gasteiger partial charge in [-0.05, 0) is 65.6 Å². The maximum Gasteiger partial charge on any atom is 0.443 e. The van der Waals surface area contributed by atoms with Gasteiger partial charge in [-0.1, -0.05) is 23.2 Å². The number of nitrogens with zero attached hydrogens (tertiary/aromatic N) is 3. The zero-order valence-electron chi connectivity index (χ0n) is 17.4. The van der Waals surface area contributed by atoms with Gasteiger partial charge in [-0.15, -0.1) is 0 Å². The zero-order valence-corrected chi connectivity index (χ0v) is 17.4. The van der Waals surface area contributed by atoms with Gasteiger partial charge in [0.1, 0.15) is 11.5 Å². The van der Waals surface area contributed by atoms with E-state index >= 15 is 0 Å². The van der Waals surface area contributed by atoms with E-state index in [1.807, 2.05) is 0 Å². The highest BCUT2D eigenvalue weighted by Crippen LogP contribution is 2.37. The van der Waals surface area contributed by atoms with Crippen LogP contribution in [-0.2, 0) is 0 Å². The van der Waals surface area contributed by atoms with Gasteiger partial charge in [0, 0.05) is 11.1 Å². The number of methoxy groups -OCH3 is 2. The van der Waals surface area contributed by atoms with Crippen LogP contribution in [0.2, 0.25) is 0 Å². The average molecular weight is 429 g/mol. The molecule has 0 saturated heterocycles. The van der Waals surface area contributed by atoms with Crippen molar-refractivity contribution in [3.63, 3.8) is 0 Å². The Kier molecular flexibility index (Phi) is 5.67. The fourth-order valence-corrected chi connectivity index (χ4v) is 3.40. The van der Waals surface area contributed by atoms with E-state index in [0.29, 0.717) is 39.6 Å². The quantitative estimate of drug-likeness (QED) is 0.322. The van der Waals surface area contributed by atoms with Crippen molar-refractivity contribution in [2.75, 3.05) is 14.2 Å². The zero-order chi connectivity index (χ0) is 22.7. The van der Waals surface area contributed by atoms with Gasteiger partial charge in [0.05, 0.1) is 19.8 Å². The van der Waals surface area contributed by atoms with E-state index in [1.54, 1.807) is 93.1 Å². The number of hydrogen-bond acceptors (Lipinski definition) is 6. The number of rotatable bonds is 6. The lowest BCUT2D eigenvalue weighted by Gasteiger charge is -2.08. The molecule has 8 nitrogen and oxygen atoms in total. The molecule has 32 heavy (non-hydrogen) atoms. The Morgan fingerprint density at radius 3 is 1.88 bits per heavy atom. The van der Waals surface area contributed by atoms with Crippen molar-refractivity contribution in [2.45, 2.75) is 0 Å². The van der Waals surface area contributed by atoms with Crippen molar-refractivity contribution in [1.29, 1.82) is 0 Å². The molecule has 4 rings (SSSR count). The molecular weight excluding hydrogens is 410 g/mol. The number of carbonyl (C=O) groups is 1. The normalized spacial score (nSPS) is 10.6. The van der Waals surface area contributed by atoms with Gasteiger partial charge in [-0.2, -0.15) is 4.57 Å². The molecule has 0 unspecified atom stereocenters. The Balaban J connectivity index is 2.00. The van der Waals surface area contributed by atoms with Crippen molar-refractivity contribution in [2.24, 2.45) is 0 Å². The first-order chi connectivity index (χ1) is 15.5. The van der Waals surface area contributed by atoms with E-state index in [4.69, 9.17) is 9.47 Å². The summed E-state index contributed by atoms with van der Waals surface area (Å²) in [4.78, 5) is 28.9. The topological polar surface area (TPSA) is 96.5 Å². The number of ether oxygens (including phenoxy) is 2. The number of hydrogen-bond donors (Lipinski definition) is 0. The molecule has 0 fully saturated rings. The monoisotopic (exact) mass is 429 g/mol. The van der Waals surface area contributed by atoms with E-state index in [0.717, 1.165) is 4.57 Å². The Morgan fingerprint density at radius 1 is 0.844 bits per heavy atom. The lowest BCUT2D eigenvalue weighted by Crippen LogP contribution is -2.16. The fourth-order valence-electron chi connectivity index (χ4n) is 3.40. The van der Waals surface area contributed by atoms with E-state index < -0.39 is 16.8 Å². The second kappa shape index (κ2) is 8.73. The second-order valence-electron chi connectivity index (χ2n) is 6.83. The summed E-state index contributed by atoms with van der Waals surface area (Å²) in [5.41, 5.74) is 2.14. The van der Waals surface area contributed by atoms with Gasteiger partial charge in [0.2, 0.25) is 0 Å². The van der Waals surface area contributed by atoms with E-state index in [9.17, 15) is 14.9 Å². The minimum atomic E-state index is -0.652. The highest BCUT2D eigenvalue weighted by atomic mass is 16.6. The van der Waals surface area contributed by atoms with Gasteiger partial charge in [0.25, 0.3) is 0 Å². The van der Waals surface area contributed by atoms with E-state index in [-0.39, 0.29) is 0 Å².